The summed E-state index contributed by atoms with van der Waals surface area (Å²) in [6.45, 7) is 0. The van der Waals surface area contributed by atoms with E-state index >= 15 is 0 Å². The van der Waals surface area contributed by atoms with Crippen molar-refractivity contribution >= 4 is 56.9 Å². The number of amides is 3. The molecule has 0 spiro atoms. The third-order valence-electron chi connectivity index (χ3n) is 6.89. The van der Waals surface area contributed by atoms with Crippen molar-refractivity contribution in [2.45, 2.75) is 6.18 Å². The number of anilines is 2. The third kappa shape index (κ3) is 4.03. The minimum Gasteiger partial charge on any atom is -0.320 e. The standard InChI is InChI=1S/C30H16F3N5O3S/c31-30(32,33)24-14-21(23-10-5-13-42-23)34-25-15-22(36-38(24)25)27(39)35-20-12-11-19-26-17(20)8-4-9-18(26)28(40)37(29(19)41)16-6-2-1-3-7-16/h1-15H,(H,35,39). The van der Waals surface area contributed by atoms with Gasteiger partial charge in [0.1, 0.15) is 0 Å². The van der Waals surface area contributed by atoms with Crippen LogP contribution in [0.25, 0.3) is 27.0 Å². The van der Waals surface area contributed by atoms with Crippen LogP contribution in [0.15, 0.2) is 90.3 Å². The highest BCUT2D eigenvalue weighted by Crippen LogP contribution is 2.37. The van der Waals surface area contributed by atoms with Crippen LogP contribution in [0.5, 0.6) is 0 Å². The number of para-hydroxylation sites is 1. The van der Waals surface area contributed by atoms with Crippen molar-refractivity contribution in [2.75, 3.05) is 10.2 Å². The molecule has 1 aliphatic heterocycles. The van der Waals surface area contributed by atoms with E-state index in [4.69, 9.17) is 0 Å². The molecular weight excluding hydrogens is 567 g/mol. The average Bonchev–Trinajstić information content (AvgIpc) is 3.67. The van der Waals surface area contributed by atoms with Gasteiger partial charge in [0.05, 0.1) is 16.3 Å². The van der Waals surface area contributed by atoms with Crippen LogP contribution in [0, 0.1) is 0 Å². The van der Waals surface area contributed by atoms with E-state index in [0.29, 0.717) is 25.9 Å². The number of rotatable bonds is 4. The van der Waals surface area contributed by atoms with Crippen molar-refractivity contribution in [3.63, 3.8) is 0 Å². The number of imide groups is 1. The molecule has 0 bridgehead atoms. The Hall–Kier alpha value is -5.36. The number of thiophene rings is 1. The van der Waals surface area contributed by atoms with E-state index < -0.39 is 29.6 Å². The van der Waals surface area contributed by atoms with Gasteiger partial charge >= 0.3 is 6.18 Å². The largest absolute Gasteiger partial charge is 0.433 e. The topological polar surface area (TPSA) is 96.7 Å². The Balaban J connectivity index is 1.28. The second kappa shape index (κ2) is 9.35. The lowest BCUT2D eigenvalue weighted by atomic mass is 9.92. The van der Waals surface area contributed by atoms with Crippen molar-refractivity contribution < 1.29 is 27.6 Å². The summed E-state index contributed by atoms with van der Waals surface area (Å²) in [7, 11) is 0. The minimum atomic E-state index is -4.75. The Morgan fingerprint density at radius 1 is 0.857 bits per heavy atom. The van der Waals surface area contributed by atoms with Crippen LogP contribution in [0.2, 0.25) is 0 Å². The predicted octanol–water partition coefficient (Wildman–Crippen LogP) is 6.68. The van der Waals surface area contributed by atoms with Crippen LogP contribution in [0.1, 0.15) is 36.9 Å². The summed E-state index contributed by atoms with van der Waals surface area (Å²) in [4.78, 5) is 46.0. The SMILES string of the molecule is O=C(Nc1ccc2c3c(cccc13)C(=O)N(c1ccccc1)C2=O)c1cc2nc(-c3cccs3)cc(C(F)(F)F)n2n1. The van der Waals surface area contributed by atoms with Gasteiger partial charge < -0.3 is 5.32 Å². The molecule has 7 rings (SSSR count). The second-order valence-corrected chi connectivity index (χ2v) is 10.4. The van der Waals surface area contributed by atoms with Crippen LogP contribution >= 0.6 is 11.3 Å². The van der Waals surface area contributed by atoms with Gasteiger partial charge in [0.15, 0.2) is 17.0 Å². The molecule has 42 heavy (non-hydrogen) atoms. The fourth-order valence-electron chi connectivity index (χ4n) is 5.04. The van der Waals surface area contributed by atoms with E-state index in [1.165, 1.54) is 29.5 Å². The van der Waals surface area contributed by atoms with E-state index in [2.05, 4.69) is 15.4 Å². The summed E-state index contributed by atoms with van der Waals surface area (Å²) < 4.78 is 42.4. The van der Waals surface area contributed by atoms with E-state index in [-0.39, 0.29) is 33.8 Å². The monoisotopic (exact) mass is 583 g/mol. The van der Waals surface area contributed by atoms with Gasteiger partial charge in [-0.2, -0.15) is 18.3 Å². The summed E-state index contributed by atoms with van der Waals surface area (Å²) in [6, 6.07) is 21.9. The van der Waals surface area contributed by atoms with Crippen LogP contribution in [-0.2, 0) is 6.18 Å². The maximum Gasteiger partial charge on any atom is 0.433 e. The highest BCUT2D eigenvalue weighted by molar-refractivity contribution is 7.13. The molecule has 8 nitrogen and oxygen atoms in total. The first-order chi connectivity index (χ1) is 20.2. The molecule has 0 saturated heterocycles. The zero-order chi connectivity index (χ0) is 29.2. The summed E-state index contributed by atoms with van der Waals surface area (Å²) in [5, 5.41) is 9.12. The second-order valence-electron chi connectivity index (χ2n) is 9.43. The van der Waals surface area contributed by atoms with Gasteiger partial charge in [-0.3, -0.25) is 14.4 Å². The molecule has 0 fully saturated rings. The third-order valence-corrected chi connectivity index (χ3v) is 7.79. The number of halogens is 3. The van der Waals surface area contributed by atoms with Gasteiger partial charge in [-0.1, -0.05) is 36.4 Å². The molecule has 0 saturated carbocycles. The first-order valence-corrected chi connectivity index (χ1v) is 13.4. The van der Waals surface area contributed by atoms with Crippen molar-refractivity contribution in [3.05, 3.63) is 113 Å². The summed E-state index contributed by atoms with van der Waals surface area (Å²) in [5.74, 6) is -1.81. The zero-order valence-electron chi connectivity index (χ0n) is 21.2. The average molecular weight is 584 g/mol. The molecule has 4 heterocycles. The molecule has 3 aromatic carbocycles. The number of nitrogens with zero attached hydrogens (tertiary/aromatic N) is 4. The van der Waals surface area contributed by atoms with E-state index in [9.17, 15) is 27.6 Å². The number of aromatic nitrogens is 3. The van der Waals surface area contributed by atoms with Crippen LogP contribution in [0.3, 0.4) is 0 Å². The van der Waals surface area contributed by atoms with E-state index in [1.807, 2.05) is 0 Å². The van der Waals surface area contributed by atoms with Crippen molar-refractivity contribution in [1.29, 1.82) is 0 Å². The summed E-state index contributed by atoms with van der Waals surface area (Å²) in [5.41, 5.74) is -0.171. The molecule has 3 aromatic heterocycles. The molecule has 0 atom stereocenters. The zero-order valence-corrected chi connectivity index (χ0v) is 22.0. The fourth-order valence-corrected chi connectivity index (χ4v) is 5.73. The predicted molar refractivity (Wildman–Crippen MR) is 151 cm³/mol. The van der Waals surface area contributed by atoms with E-state index in [1.54, 1.807) is 66.0 Å². The smallest absolute Gasteiger partial charge is 0.320 e. The lowest BCUT2D eigenvalue weighted by Crippen LogP contribution is -2.40. The Morgan fingerprint density at radius 3 is 2.33 bits per heavy atom. The molecule has 6 aromatic rings. The molecule has 1 N–H and O–H groups in total. The quantitative estimate of drug-likeness (QED) is 0.234. The van der Waals surface area contributed by atoms with Crippen molar-refractivity contribution in [1.82, 2.24) is 14.6 Å². The fraction of sp³-hybridized carbons (Fsp3) is 0.0333. The maximum absolute atomic E-state index is 13.9. The first kappa shape index (κ1) is 25.6. The number of fused-ring (bicyclic) bond motifs is 1. The lowest BCUT2D eigenvalue weighted by Gasteiger charge is -2.27. The number of alkyl halides is 3. The number of carbonyl (C=O) groups excluding carboxylic acids is 3. The van der Waals surface area contributed by atoms with Crippen LogP contribution < -0.4 is 10.2 Å². The van der Waals surface area contributed by atoms with Crippen LogP contribution in [-0.4, -0.2) is 32.3 Å². The summed E-state index contributed by atoms with van der Waals surface area (Å²) in [6.07, 6.45) is -4.75. The maximum atomic E-state index is 13.9. The number of carbonyl (C=O) groups is 3. The Bertz CT molecular complexity index is 2050. The normalized spacial score (nSPS) is 13.3. The lowest BCUT2D eigenvalue weighted by molar-refractivity contribution is -0.142. The Kier molecular flexibility index (Phi) is 5.70. The molecule has 0 unspecified atom stereocenters. The van der Waals surface area contributed by atoms with Gasteiger partial charge in [0, 0.05) is 33.7 Å². The molecule has 1 aliphatic rings. The molecule has 0 aliphatic carbocycles. The van der Waals surface area contributed by atoms with Crippen molar-refractivity contribution in [3.8, 4) is 10.6 Å². The Morgan fingerprint density at radius 2 is 1.62 bits per heavy atom. The Labute approximate surface area is 238 Å². The molecule has 206 valence electrons. The minimum absolute atomic E-state index is 0.110. The van der Waals surface area contributed by atoms with Gasteiger partial charge in [0.25, 0.3) is 17.7 Å². The number of hydrogen-bond acceptors (Lipinski definition) is 6. The number of hydrogen-bond donors (Lipinski definition) is 1. The van der Waals surface area contributed by atoms with Gasteiger partial charge in [0.2, 0.25) is 0 Å². The molecular formula is C30H16F3N5O3S. The summed E-state index contributed by atoms with van der Waals surface area (Å²) >= 11 is 1.24. The van der Waals surface area contributed by atoms with Crippen molar-refractivity contribution in [2.24, 2.45) is 0 Å². The molecule has 3 amide bonds. The number of benzene rings is 3. The van der Waals surface area contributed by atoms with Gasteiger partial charge in [-0.15, -0.1) is 11.3 Å². The van der Waals surface area contributed by atoms with Crippen LogP contribution in [0.4, 0.5) is 24.5 Å². The molecule has 0 radical (unpaired) electrons. The van der Waals surface area contributed by atoms with Gasteiger partial charge in [-0.25, -0.2) is 14.4 Å². The molecule has 12 heteroatoms. The highest BCUT2D eigenvalue weighted by atomic mass is 32.1. The van der Waals surface area contributed by atoms with Gasteiger partial charge in [-0.05, 0) is 47.8 Å². The van der Waals surface area contributed by atoms with E-state index in [0.717, 1.165) is 11.0 Å². The first-order valence-electron chi connectivity index (χ1n) is 12.5. The highest BCUT2D eigenvalue weighted by Gasteiger charge is 2.37. The number of nitrogens with one attached hydrogen (secondary N) is 1.